The van der Waals surface area contributed by atoms with Crippen LogP contribution < -0.4 is 5.32 Å². The van der Waals surface area contributed by atoms with E-state index in [4.69, 9.17) is 5.11 Å². The highest BCUT2D eigenvalue weighted by Gasteiger charge is 2.21. The van der Waals surface area contributed by atoms with E-state index in [2.05, 4.69) is 10.3 Å². The molecule has 0 spiro atoms. The van der Waals surface area contributed by atoms with Gasteiger partial charge in [-0.05, 0) is 43.2 Å². The lowest BCUT2D eigenvalue weighted by Crippen LogP contribution is -2.38. The molecule has 0 saturated heterocycles. The zero-order valence-electron chi connectivity index (χ0n) is 10.5. The van der Waals surface area contributed by atoms with Crippen LogP contribution in [0.1, 0.15) is 31.2 Å². The molecule has 1 amide bonds. The summed E-state index contributed by atoms with van der Waals surface area (Å²) in [6.07, 6.45) is 7.80. The molecule has 0 bridgehead atoms. The van der Waals surface area contributed by atoms with Crippen molar-refractivity contribution in [3.63, 3.8) is 0 Å². The molecular weight excluding hydrogens is 228 g/mol. The average Bonchev–Trinajstić information content (AvgIpc) is 2.40. The van der Waals surface area contributed by atoms with Gasteiger partial charge in [-0.25, -0.2) is 0 Å². The Hall–Kier alpha value is -1.42. The molecule has 4 nitrogen and oxygen atoms in total. The number of hydrogen-bond acceptors (Lipinski definition) is 3. The van der Waals surface area contributed by atoms with Crippen molar-refractivity contribution >= 4 is 5.91 Å². The van der Waals surface area contributed by atoms with Crippen molar-refractivity contribution in [1.82, 2.24) is 10.3 Å². The fraction of sp³-hybridized carbons (Fsp3) is 0.571. The van der Waals surface area contributed by atoms with E-state index in [9.17, 15) is 4.79 Å². The van der Waals surface area contributed by atoms with E-state index in [1.165, 1.54) is 0 Å². The second kappa shape index (κ2) is 6.50. The van der Waals surface area contributed by atoms with Crippen molar-refractivity contribution in [3.05, 3.63) is 30.1 Å². The maximum absolute atomic E-state index is 11.8. The van der Waals surface area contributed by atoms with Crippen LogP contribution in [0.5, 0.6) is 0 Å². The Labute approximate surface area is 107 Å². The van der Waals surface area contributed by atoms with Gasteiger partial charge >= 0.3 is 0 Å². The Morgan fingerprint density at radius 3 is 2.78 bits per heavy atom. The number of hydrogen-bond donors (Lipinski definition) is 2. The van der Waals surface area contributed by atoms with Crippen LogP contribution in [0.3, 0.4) is 0 Å². The summed E-state index contributed by atoms with van der Waals surface area (Å²) >= 11 is 0. The molecule has 1 aliphatic rings. The molecule has 98 valence electrons. The minimum atomic E-state index is 0.0652. The number of aliphatic hydroxyl groups excluding tert-OH is 1. The Kier molecular flexibility index (Phi) is 4.70. The number of aromatic nitrogens is 1. The molecule has 0 atom stereocenters. The number of rotatable bonds is 4. The summed E-state index contributed by atoms with van der Waals surface area (Å²) < 4.78 is 0. The topological polar surface area (TPSA) is 62.2 Å². The summed E-state index contributed by atoms with van der Waals surface area (Å²) in [5.41, 5.74) is 0.944. The highest BCUT2D eigenvalue weighted by atomic mass is 16.3. The molecule has 1 saturated carbocycles. The van der Waals surface area contributed by atoms with Gasteiger partial charge in [0.1, 0.15) is 0 Å². The third kappa shape index (κ3) is 3.81. The highest BCUT2D eigenvalue weighted by molar-refractivity contribution is 5.78. The van der Waals surface area contributed by atoms with Crippen molar-refractivity contribution in [2.24, 2.45) is 5.92 Å². The standard InChI is InChI=1S/C14H20N2O2/c17-10-11-3-5-13(6-4-11)16-14(18)8-12-2-1-7-15-9-12/h1-2,7,9,11,13,17H,3-6,8,10H2,(H,16,18). The van der Waals surface area contributed by atoms with Crippen molar-refractivity contribution in [3.8, 4) is 0 Å². The number of carbonyl (C=O) groups excluding carboxylic acids is 1. The molecule has 2 rings (SSSR count). The Morgan fingerprint density at radius 1 is 1.39 bits per heavy atom. The molecule has 1 heterocycles. The number of nitrogens with one attached hydrogen (secondary N) is 1. The van der Waals surface area contributed by atoms with Crippen LogP contribution in [0.25, 0.3) is 0 Å². The monoisotopic (exact) mass is 248 g/mol. The molecule has 1 fully saturated rings. The number of amides is 1. The number of pyridine rings is 1. The van der Waals surface area contributed by atoms with Gasteiger partial charge in [-0.3, -0.25) is 9.78 Å². The van der Waals surface area contributed by atoms with Gasteiger partial charge in [0.05, 0.1) is 6.42 Å². The molecule has 1 aromatic rings. The molecule has 0 unspecified atom stereocenters. The third-order valence-corrected chi connectivity index (χ3v) is 3.56. The van der Waals surface area contributed by atoms with Crippen molar-refractivity contribution in [2.75, 3.05) is 6.61 Å². The predicted octanol–water partition coefficient (Wildman–Crippen LogP) is 1.29. The first kappa shape index (κ1) is 13.0. The minimum Gasteiger partial charge on any atom is -0.396 e. The summed E-state index contributed by atoms with van der Waals surface area (Å²) in [5.74, 6) is 0.493. The number of carbonyl (C=O) groups is 1. The molecule has 0 aromatic carbocycles. The Bertz CT molecular complexity index is 373. The summed E-state index contributed by atoms with van der Waals surface area (Å²) in [4.78, 5) is 15.8. The molecule has 4 heteroatoms. The molecule has 0 radical (unpaired) electrons. The largest absolute Gasteiger partial charge is 0.396 e. The normalized spacial score (nSPS) is 23.6. The van der Waals surface area contributed by atoms with Gasteiger partial charge < -0.3 is 10.4 Å². The van der Waals surface area contributed by atoms with Gasteiger partial charge in [-0.2, -0.15) is 0 Å². The van der Waals surface area contributed by atoms with Crippen molar-refractivity contribution in [1.29, 1.82) is 0 Å². The van der Waals surface area contributed by atoms with E-state index in [0.717, 1.165) is 31.2 Å². The van der Waals surface area contributed by atoms with Crippen LogP contribution in [-0.4, -0.2) is 28.6 Å². The van der Waals surface area contributed by atoms with Crippen LogP contribution in [0.2, 0.25) is 0 Å². The predicted molar refractivity (Wildman–Crippen MR) is 68.9 cm³/mol. The number of aliphatic hydroxyl groups is 1. The van der Waals surface area contributed by atoms with E-state index in [1.54, 1.807) is 12.4 Å². The Morgan fingerprint density at radius 2 is 2.17 bits per heavy atom. The Balaban J connectivity index is 1.75. The SMILES string of the molecule is O=C(Cc1cccnc1)NC1CCC(CO)CC1. The summed E-state index contributed by atoms with van der Waals surface area (Å²) in [6, 6.07) is 4.03. The van der Waals surface area contributed by atoms with Gasteiger partial charge in [0, 0.05) is 25.0 Å². The second-order valence-corrected chi connectivity index (χ2v) is 5.01. The molecular formula is C14H20N2O2. The lowest BCUT2D eigenvalue weighted by Gasteiger charge is -2.27. The molecule has 1 aromatic heterocycles. The van der Waals surface area contributed by atoms with Crippen molar-refractivity contribution < 1.29 is 9.90 Å². The molecule has 1 aliphatic carbocycles. The molecule has 18 heavy (non-hydrogen) atoms. The quantitative estimate of drug-likeness (QED) is 0.844. The van der Waals surface area contributed by atoms with Crippen LogP contribution in [0.15, 0.2) is 24.5 Å². The van der Waals surface area contributed by atoms with Gasteiger partial charge in [0.2, 0.25) is 5.91 Å². The van der Waals surface area contributed by atoms with E-state index < -0.39 is 0 Å². The van der Waals surface area contributed by atoms with Crippen LogP contribution in [0.4, 0.5) is 0 Å². The van der Waals surface area contributed by atoms with Gasteiger partial charge in [0.15, 0.2) is 0 Å². The lowest BCUT2D eigenvalue weighted by molar-refractivity contribution is -0.121. The lowest BCUT2D eigenvalue weighted by atomic mass is 9.86. The summed E-state index contributed by atoms with van der Waals surface area (Å²) in [6.45, 7) is 0.274. The highest BCUT2D eigenvalue weighted by Crippen LogP contribution is 2.23. The van der Waals surface area contributed by atoms with Gasteiger partial charge in [-0.1, -0.05) is 6.07 Å². The number of nitrogens with zero attached hydrogens (tertiary/aromatic N) is 1. The van der Waals surface area contributed by atoms with Gasteiger partial charge in [-0.15, -0.1) is 0 Å². The fourth-order valence-electron chi connectivity index (χ4n) is 2.46. The fourth-order valence-corrected chi connectivity index (χ4v) is 2.46. The second-order valence-electron chi connectivity index (χ2n) is 5.01. The zero-order chi connectivity index (χ0) is 12.8. The van der Waals surface area contributed by atoms with E-state index in [-0.39, 0.29) is 18.6 Å². The molecule has 0 aliphatic heterocycles. The van der Waals surface area contributed by atoms with E-state index in [1.807, 2.05) is 12.1 Å². The summed E-state index contributed by atoms with van der Waals surface area (Å²) in [5, 5.41) is 12.1. The van der Waals surface area contributed by atoms with E-state index >= 15 is 0 Å². The van der Waals surface area contributed by atoms with E-state index in [0.29, 0.717) is 12.3 Å². The van der Waals surface area contributed by atoms with Crippen LogP contribution in [0, 0.1) is 5.92 Å². The molecule has 2 N–H and O–H groups in total. The maximum Gasteiger partial charge on any atom is 0.224 e. The first-order chi connectivity index (χ1) is 8.78. The van der Waals surface area contributed by atoms with Crippen LogP contribution >= 0.6 is 0 Å². The van der Waals surface area contributed by atoms with Gasteiger partial charge in [0.25, 0.3) is 0 Å². The maximum atomic E-state index is 11.8. The first-order valence-corrected chi connectivity index (χ1v) is 6.57. The summed E-state index contributed by atoms with van der Waals surface area (Å²) in [7, 11) is 0. The average molecular weight is 248 g/mol. The van der Waals surface area contributed by atoms with Crippen LogP contribution in [-0.2, 0) is 11.2 Å². The smallest absolute Gasteiger partial charge is 0.224 e. The van der Waals surface area contributed by atoms with Crippen molar-refractivity contribution in [2.45, 2.75) is 38.1 Å². The zero-order valence-corrected chi connectivity index (χ0v) is 10.5. The minimum absolute atomic E-state index is 0.0652. The first-order valence-electron chi connectivity index (χ1n) is 6.57. The third-order valence-electron chi connectivity index (χ3n) is 3.56.